The number of benzene rings is 1. The van der Waals surface area contributed by atoms with Crippen molar-refractivity contribution in [2.75, 3.05) is 29.6 Å². The van der Waals surface area contributed by atoms with E-state index in [1.54, 1.807) is 6.07 Å². The molecule has 1 aromatic carbocycles. The summed E-state index contributed by atoms with van der Waals surface area (Å²) in [6, 6.07) is 7.29. The Morgan fingerprint density at radius 2 is 1.86 bits per heavy atom. The summed E-state index contributed by atoms with van der Waals surface area (Å²) in [5, 5.41) is 10.6. The summed E-state index contributed by atoms with van der Waals surface area (Å²) in [6.07, 6.45) is 6.01. The van der Waals surface area contributed by atoms with Gasteiger partial charge in [-0.2, -0.15) is 0 Å². The summed E-state index contributed by atoms with van der Waals surface area (Å²) in [7, 11) is 4.08. The average Bonchev–Trinajstić information content (AvgIpc) is 2.67. The second kappa shape index (κ2) is 9.59. The number of aromatic nitrogens is 1. The monoisotopic (exact) mass is 435 g/mol. The summed E-state index contributed by atoms with van der Waals surface area (Å²) < 4.78 is 13.3. The Hall–Kier alpha value is -2.12. The molecule has 3 rings (SSSR count). The Balaban J connectivity index is 1.47. The fourth-order valence-corrected chi connectivity index (χ4v) is 4.06. The molecule has 1 aliphatic carbocycles. The van der Waals surface area contributed by atoms with Gasteiger partial charge in [0.05, 0.1) is 5.02 Å². The van der Waals surface area contributed by atoms with Gasteiger partial charge in [0.2, 0.25) is 0 Å². The van der Waals surface area contributed by atoms with Gasteiger partial charge < -0.3 is 20.9 Å². The van der Waals surface area contributed by atoms with E-state index < -0.39 is 5.82 Å². The normalized spacial score (nSPS) is 18.8. The van der Waals surface area contributed by atoms with Gasteiger partial charge in [-0.25, -0.2) is 9.37 Å². The number of rotatable bonds is 5. The van der Waals surface area contributed by atoms with E-state index >= 15 is 0 Å². The van der Waals surface area contributed by atoms with E-state index in [9.17, 15) is 4.39 Å². The van der Waals surface area contributed by atoms with Crippen LogP contribution in [0.3, 0.4) is 0 Å². The van der Waals surface area contributed by atoms with Crippen molar-refractivity contribution in [2.45, 2.75) is 44.7 Å². The molecule has 0 unspecified atom stereocenters. The number of pyridine rings is 1. The minimum atomic E-state index is -0.442. The Kier molecular flexibility index (Phi) is 7.14. The fourth-order valence-electron chi connectivity index (χ4n) is 3.59. The molecule has 1 saturated carbocycles. The van der Waals surface area contributed by atoms with Gasteiger partial charge in [0.15, 0.2) is 5.11 Å². The van der Waals surface area contributed by atoms with Crippen LogP contribution in [0.25, 0.3) is 0 Å². The lowest BCUT2D eigenvalue weighted by Crippen LogP contribution is -2.42. The number of aryl methyl sites for hydroxylation is 1. The lowest BCUT2D eigenvalue weighted by atomic mass is 9.91. The third-order valence-corrected chi connectivity index (χ3v) is 5.66. The van der Waals surface area contributed by atoms with Crippen molar-refractivity contribution in [1.29, 1.82) is 0 Å². The molecule has 0 radical (unpaired) electrons. The van der Waals surface area contributed by atoms with Crippen LogP contribution in [0.5, 0.6) is 0 Å². The van der Waals surface area contributed by atoms with Gasteiger partial charge in [-0.1, -0.05) is 11.6 Å². The summed E-state index contributed by atoms with van der Waals surface area (Å²) >= 11 is 11.2. The summed E-state index contributed by atoms with van der Waals surface area (Å²) in [4.78, 5) is 6.62. The lowest BCUT2D eigenvalue weighted by Gasteiger charge is -2.31. The number of nitrogens with zero attached hydrogens (tertiary/aromatic N) is 2. The molecule has 5 nitrogen and oxygen atoms in total. The number of hydrogen-bond donors (Lipinski definition) is 3. The maximum Gasteiger partial charge on any atom is 0.170 e. The second-order valence-corrected chi connectivity index (χ2v) is 8.49. The quantitative estimate of drug-likeness (QED) is 0.577. The third-order valence-electron chi connectivity index (χ3n) is 5.15. The van der Waals surface area contributed by atoms with Gasteiger partial charge in [-0.3, -0.25) is 0 Å². The molecule has 0 atom stereocenters. The van der Waals surface area contributed by atoms with Crippen LogP contribution in [0, 0.1) is 12.7 Å². The molecule has 156 valence electrons. The van der Waals surface area contributed by atoms with Crippen LogP contribution in [0.1, 0.15) is 31.2 Å². The minimum absolute atomic E-state index is 0.0755. The predicted molar refractivity (Wildman–Crippen MR) is 124 cm³/mol. The molecular weight excluding hydrogens is 409 g/mol. The number of hydrogen-bond acceptors (Lipinski definition) is 4. The smallest absolute Gasteiger partial charge is 0.170 e. The summed E-state index contributed by atoms with van der Waals surface area (Å²) in [5.41, 5.74) is 3.01. The molecule has 0 saturated heterocycles. The van der Waals surface area contributed by atoms with Crippen LogP contribution in [0.2, 0.25) is 5.02 Å². The van der Waals surface area contributed by atoms with Gasteiger partial charge in [-0.15, -0.1) is 0 Å². The highest BCUT2D eigenvalue weighted by atomic mass is 35.5. The molecule has 8 heteroatoms. The number of anilines is 3. The maximum atomic E-state index is 13.3. The molecule has 1 fully saturated rings. The molecule has 1 heterocycles. The Bertz CT molecular complexity index is 868. The highest BCUT2D eigenvalue weighted by Gasteiger charge is 2.22. The van der Waals surface area contributed by atoms with E-state index in [0.29, 0.717) is 22.9 Å². The number of thiocarbonyl (C=S) groups is 1. The van der Waals surface area contributed by atoms with Gasteiger partial charge in [-0.05, 0) is 68.6 Å². The van der Waals surface area contributed by atoms with Crippen LogP contribution in [0.15, 0.2) is 30.5 Å². The molecule has 0 aliphatic heterocycles. The van der Waals surface area contributed by atoms with E-state index in [0.717, 1.165) is 37.1 Å². The molecule has 0 amide bonds. The summed E-state index contributed by atoms with van der Waals surface area (Å²) in [5.74, 6) is 0.476. The first kappa shape index (κ1) is 21.6. The first-order valence-corrected chi connectivity index (χ1v) is 10.5. The molecular formula is C21H27ClFN5S. The number of halogens is 2. The zero-order valence-electron chi connectivity index (χ0n) is 16.9. The second-order valence-electron chi connectivity index (χ2n) is 7.67. The number of nitrogens with one attached hydrogen (secondary N) is 3. The van der Waals surface area contributed by atoms with E-state index in [1.165, 1.54) is 17.8 Å². The predicted octanol–water partition coefficient (Wildman–Crippen LogP) is 4.96. The van der Waals surface area contributed by atoms with Gasteiger partial charge in [0, 0.05) is 49.8 Å². The molecule has 1 aromatic heterocycles. The van der Waals surface area contributed by atoms with Crippen LogP contribution in [-0.4, -0.2) is 36.3 Å². The first-order valence-electron chi connectivity index (χ1n) is 9.75. The van der Waals surface area contributed by atoms with E-state index in [-0.39, 0.29) is 5.02 Å². The molecule has 2 aromatic rings. The standard InChI is InChI=1S/C21H27ClFN5S/c1-13-12-24-20(11-19(13)28(2)3)25-14-4-6-15(7-5-14)26-21(29)27-16-8-9-18(23)17(22)10-16/h8-12,14-15H,4-7H2,1-3H3,(H,24,25)(H2,26,27,29). The molecule has 3 N–H and O–H groups in total. The first-order chi connectivity index (χ1) is 13.8. The van der Waals surface area contributed by atoms with Gasteiger partial charge >= 0.3 is 0 Å². The Morgan fingerprint density at radius 3 is 2.52 bits per heavy atom. The van der Waals surface area contributed by atoms with E-state index in [2.05, 4.69) is 38.8 Å². The van der Waals surface area contributed by atoms with E-state index in [1.807, 2.05) is 20.3 Å². The van der Waals surface area contributed by atoms with Crippen molar-refractivity contribution >= 4 is 46.1 Å². The lowest BCUT2D eigenvalue weighted by molar-refractivity contribution is 0.388. The molecule has 0 bridgehead atoms. The summed E-state index contributed by atoms with van der Waals surface area (Å²) in [6.45, 7) is 2.07. The van der Waals surface area contributed by atoms with Crippen molar-refractivity contribution in [3.63, 3.8) is 0 Å². The Labute approximate surface area is 182 Å². The van der Waals surface area contributed by atoms with Crippen molar-refractivity contribution in [2.24, 2.45) is 0 Å². The largest absolute Gasteiger partial charge is 0.377 e. The van der Waals surface area contributed by atoms with Crippen LogP contribution >= 0.6 is 23.8 Å². The van der Waals surface area contributed by atoms with E-state index in [4.69, 9.17) is 23.8 Å². The molecule has 29 heavy (non-hydrogen) atoms. The van der Waals surface area contributed by atoms with Crippen molar-refractivity contribution in [3.05, 3.63) is 46.9 Å². The van der Waals surface area contributed by atoms with Gasteiger partial charge in [0.1, 0.15) is 11.6 Å². The topological polar surface area (TPSA) is 52.2 Å². The highest BCUT2D eigenvalue weighted by Crippen LogP contribution is 2.25. The third kappa shape index (κ3) is 5.93. The van der Waals surface area contributed by atoms with Crippen LogP contribution in [0.4, 0.5) is 21.6 Å². The average molecular weight is 436 g/mol. The Morgan fingerprint density at radius 1 is 1.17 bits per heavy atom. The van der Waals surface area contributed by atoms with Gasteiger partial charge in [0.25, 0.3) is 0 Å². The van der Waals surface area contributed by atoms with Crippen molar-refractivity contribution in [3.8, 4) is 0 Å². The van der Waals surface area contributed by atoms with Crippen LogP contribution in [-0.2, 0) is 0 Å². The van der Waals surface area contributed by atoms with Crippen molar-refractivity contribution < 1.29 is 4.39 Å². The zero-order chi connectivity index (χ0) is 21.0. The molecule has 0 spiro atoms. The minimum Gasteiger partial charge on any atom is -0.377 e. The fraction of sp³-hybridized carbons (Fsp3) is 0.429. The van der Waals surface area contributed by atoms with Crippen molar-refractivity contribution in [1.82, 2.24) is 10.3 Å². The SMILES string of the molecule is Cc1cnc(NC2CCC(NC(=S)Nc3ccc(F)c(Cl)c3)CC2)cc1N(C)C. The van der Waals surface area contributed by atoms with Crippen LogP contribution < -0.4 is 20.9 Å². The highest BCUT2D eigenvalue weighted by molar-refractivity contribution is 7.80. The zero-order valence-corrected chi connectivity index (χ0v) is 18.5. The maximum absolute atomic E-state index is 13.3. The molecule has 1 aliphatic rings.